The molecule has 0 bridgehead atoms. The van der Waals surface area contributed by atoms with Crippen molar-refractivity contribution in [3.05, 3.63) is 51.5 Å². The van der Waals surface area contributed by atoms with Crippen molar-refractivity contribution in [2.75, 3.05) is 18.4 Å². The van der Waals surface area contributed by atoms with Crippen LogP contribution in [0.5, 0.6) is 11.5 Å². The number of benzene rings is 2. The van der Waals surface area contributed by atoms with E-state index in [1.54, 1.807) is 30.3 Å². The second kappa shape index (κ2) is 10.1. The molecule has 1 aliphatic carbocycles. The van der Waals surface area contributed by atoms with Crippen LogP contribution in [0.2, 0.25) is 10.0 Å². The monoisotopic (exact) mass is 465 g/mol. The van der Waals surface area contributed by atoms with Crippen LogP contribution in [-0.4, -0.2) is 30.9 Å². The van der Waals surface area contributed by atoms with Crippen molar-refractivity contribution in [3.8, 4) is 11.5 Å². The van der Waals surface area contributed by atoms with Crippen molar-refractivity contribution in [2.24, 2.45) is 17.4 Å². The van der Waals surface area contributed by atoms with Crippen LogP contribution in [0.4, 0.5) is 5.69 Å². The van der Waals surface area contributed by atoms with Gasteiger partial charge >= 0.3 is 11.9 Å². The van der Waals surface area contributed by atoms with Gasteiger partial charge in [-0.05, 0) is 60.7 Å². The summed E-state index contributed by atoms with van der Waals surface area (Å²) >= 11 is 12.0. The Morgan fingerprint density at radius 2 is 1.58 bits per heavy atom. The minimum absolute atomic E-state index is 0.0535. The van der Waals surface area contributed by atoms with Crippen LogP contribution in [0.3, 0.4) is 0 Å². The topological polar surface area (TPSA) is 134 Å². The van der Waals surface area contributed by atoms with E-state index in [4.69, 9.17) is 44.1 Å². The van der Waals surface area contributed by atoms with Crippen LogP contribution in [0.15, 0.2) is 30.3 Å². The van der Waals surface area contributed by atoms with E-state index in [0.29, 0.717) is 35.0 Å². The largest absolute Gasteiger partial charge is 0.422 e. The predicted molar refractivity (Wildman–Crippen MR) is 116 cm³/mol. The zero-order valence-corrected chi connectivity index (χ0v) is 18.0. The highest BCUT2D eigenvalue weighted by Crippen LogP contribution is 2.37. The number of carbonyl (C=O) groups is 3. The van der Waals surface area contributed by atoms with E-state index in [1.807, 2.05) is 0 Å². The molecule has 5 N–H and O–H groups in total. The van der Waals surface area contributed by atoms with Gasteiger partial charge < -0.3 is 26.3 Å². The van der Waals surface area contributed by atoms with E-state index in [0.717, 1.165) is 11.1 Å². The minimum atomic E-state index is -0.688. The number of nitrogens with two attached hydrogens (primary N) is 2. The summed E-state index contributed by atoms with van der Waals surface area (Å²) in [5.41, 5.74) is 12.8. The van der Waals surface area contributed by atoms with E-state index in [1.165, 1.54) is 0 Å². The van der Waals surface area contributed by atoms with Gasteiger partial charge in [-0.15, -0.1) is 0 Å². The van der Waals surface area contributed by atoms with Gasteiger partial charge in [-0.1, -0.05) is 23.2 Å². The van der Waals surface area contributed by atoms with Gasteiger partial charge in [0.1, 0.15) is 0 Å². The van der Waals surface area contributed by atoms with E-state index in [9.17, 15) is 14.4 Å². The number of halogens is 2. The molecule has 10 heteroatoms. The fourth-order valence-corrected chi connectivity index (χ4v) is 3.76. The molecule has 1 amide bonds. The van der Waals surface area contributed by atoms with Crippen LogP contribution < -0.4 is 26.3 Å². The second-order valence-corrected chi connectivity index (χ2v) is 7.82. The zero-order valence-electron chi connectivity index (χ0n) is 16.5. The third-order valence-corrected chi connectivity index (χ3v) is 5.38. The lowest BCUT2D eigenvalue weighted by molar-refractivity contribution is -0.135. The molecule has 0 spiro atoms. The highest BCUT2D eigenvalue weighted by Gasteiger charge is 2.27. The van der Waals surface area contributed by atoms with Crippen molar-refractivity contribution in [1.29, 1.82) is 0 Å². The van der Waals surface area contributed by atoms with Crippen LogP contribution in [0.25, 0.3) is 0 Å². The highest BCUT2D eigenvalue weighted by molar-refractivity contribution is 6.36. The lowest BCUT2D eigenvalue weighted by atomic mass is 9.83. The number of ether oxygens (including phenoxy) is 2. The summed E-state index contributed by atoms with van der Waals surface area (Å²) in [5, 5.41) is 3.64. The Morgan fingerprint density at radius 1 is 0.968 bits per heavy atom. The van der Waals surface area contributed by atoms with Gasteiger partial charge in [-0.25, -0.2) is 0 Å². The number of esters is 2. The first-order valence-corrected chi connectivity index (χ1v) is 10.3. The van der Waals surface area contributed by atoms with Gasteiger partial charge in [0, 0.05) is 10.9 Å². The Morgan fingerprint density at radius 3 is 2.16 bits per heavy atom. The van der Waals surface area contributed by atoms with Gasteiger partial charge in [0.05, 0.1) is 23.8 Å². The summed E-state index contributed by atoms with van der Waals surface area (Å²) in [6.45, 7) is -0.662. The average molecular weight is 466 g/mol. The maximum Gasteiger partial charge on any atom is 0.325 e. The van der Waals surface area contributed by atoms with E-state index in [-0.39, 0.29) is 36.4 Å². The maximum absolute atomic E-state index is 12.8. The fourth-order valence-electron chi connectivity index (χ4n) is 3.30. The van der Waals surface area contributed by atoms with Crippen LogP contribution in [-0.2, 0) is 27.2 Å². The number of hydrogen-bond acceptors (Lipinski definition) is 7. The Bertz CT molecular complexity index is 1030. The molecule has 0 aromatic heterocycles. The minimum Gasteiger partial charge on any atom is -0.422 e. The average Bonchev–Trinajstić information content (AvgIpc) is 2.75. The number of carbonyl (C=O) groups excluding carboxylic acids is 3. The normalized spacial score (nSPS) is 15.0. The molecular weight excluding hydrogens is 445 g/mol. The van der Waals surface area contributed by atoms with E-state index in [2.05, 4.69) is 5.32 Å². The molecule has 0 aliphatic heterocycles. The van der Waals surface area contributed by atoms with Crippen molar-refractivity contribution >= 4 is 46.7 Å². The zero-order chi connectivity index (χ0) is 22.5. The number of amides is 1. The van der Waals surface area contributed by atoms with Crippen LogP contribution in [0, 0.1) is 5.92 Å². The smallest absolute Gasteiger partial charge is 0.325 e. The standard InChI is InChI=1S/C21H21Cl2N3O5/c22-14-3-4-16(15(23)8-14)26-21(29)12-2-1-11-6-17(30-19(27)9-24)18(7-13(11)5-12)31-20(28)10-25/h3-4,6-8,12H,1-2,5,9-10,24-25H2,(H,26,29). The van der Waals surface area contributed by atoms with Crippen molar-refractivity contribution in [3.63, 3.8) is 0 Å². The first kappa shape index (κ1) is 23.0. The summed E-state index contributed by atoms with van der Waals surface area (Å²) in [6, 6.07) is 8.06. The Kier molecular flexibility index (Phi) is 7.50. The second-order valence-electron chi connectivity index (χ2n) is 6.98. The fraction of sp³-hybridized carbons (Fsp3) is 0.286. The van der Waals surface area contributed by atoms with Crippen LogP contribution in [0.1, 0.15) is 17.5 Å². The Balaban J connectivity index is 1.81. The number of fused-ring (bicyclic) bond motifs is 1. The number of hydrogen-bond donors (Lipinski definition) is 3. The van der Waals surface area contributed by atoms with Crippen molar-refractivity contribution in [2.45, 2.75) is 19.3 Å². The molecule has 3 rings (SSSR count). The molecule has 1 unspecified atom stereocenters. The lowest BCUT2D eigenvalue weighted by Gasteiger charge is -2.25. The molecule has 2 aromatic carbocycles. The highest BCUT2D eigenvalue weighted by atomic mass is 35.5. The molecule has 0 saturated carbocycles. The summed E-state index contributed by atoms with van der Waals surface area (Å²) < 4.78 is 10.4. The third-order valence-electron chi connectivity index (χ3n) is 4.84. The number of anilines is 1. The molecule has 0 radical (unpaired) electrons. The van der Waals surface area contributed by atoms with E-state index < -0.39 is 11.9 Å². The van der Waals surface area contributed by atoms with Crippen molar-refractivity contribution < 1.29 is 23.9 Å². The third kappa shape index (κ3) is 5.74. The number of aryl methyl sites for hydroxylation is 1. The quantitative estimate of drug-likeness (QED) is 0.440. The summed E-state index contributed by atoms with van der Waals surface area (Å²) in [5.74, 6) is -1.72. The van der Waals surface area contributed by atoms with Crippen LogP contribution >= 0.6 is 23.2 Å². The van der Waals surface area contributed by atoms with Gasteiger partial charge in [0.25, 0.3) is 0 Å². The van der Waals surface area contributed by atoms with Gasteiger partial charge in [-0.2, -0.15) is 0 Å². The lowest BCUT2D eigenvalue weighted by Crippen LogP contribution is -2.28. The van der Waals surface area contributed by atoms with Gasteiger partial charge in [0.15, 0.2) is 11.5 Å². The number of nitrogens with one attached hydrogen (secondary N) is 1. The molecule has 164 valence electrons. The predicted octanol–water partition coefficient (Wildman–Crippen LogP) is 2.47. The number of rotatable bonds is 6. The first-order valence-electron chi connectivity index (χ1n) is 9.54. The van der Waals surface area contributed by atoms with Crippen molar-refractivity contribution in [1.82, 2.24) is 0 Å². The molecule has 1 aliphatic rings. The molecule has 0 heterocycles. The molecular formula is C21H21Cl2N3O5. The molecule has 2 aromatic rings. The van der Waals surface area contributed by atoms with Gasteiger partial charge in [-0.3, -0.25) is 14.4 Å². The Labute approximate surface area is 188 Å². The summed E-state index contributed by atoms with van der Waals surface area (Å²) in [4.78, 5) is 36.1. The molecule has 31 heavy (non-hydrogen) atoms. The molecule has 0 fully saturated rings. The molecule has 1 atom stereocenters. The maximum atomic E-state index is 12.8. The van der Waals surface area contributed by atoms with E-state index >= 15 is 0 Å². The van der Waals surface area contributed by atoms with Gasteiger partial charge in [0.2, 0.25) is 5.91 Å². The molecule has 8 nitrogen and oxygen atoms in total. The summed E-state index contributed by atoms with van der Waals surface area (Å²) in [6.07, 6.45) is 1.56. The Hall–Kier alpha value is -2.65. The summed E-state index contributed by atoms with van der Waals surface area (Å²) in [7, 11) is 0. The first-order chi connectivity index (χ1) is 14.8. The molecule has 0 saturated heterocycles. The SMILES string of the molecule is NCC(=O)Oc1cc2c(cc1OC(=O)CN)CC(C(=O)Nc1ccc(Cl)cc1Cl)CC2.